The van der Waals surface area contributed by atoms with Crippen LogP contribution in [0.15, 0.2) is 41.4 Å². The van der Waals surface area contributed by atoms with Crippen LogP contribution in [0.1, 0.15) is 33.1 Å². The highest BCUT2D eigenvalue weighted by atomic mass is 35.5. The Hall–Kier alpha value is -1.60. The van der Waals surface area contributed by atoms with Gasteiger partial charge in [-0.1, -0.05) is 61.7 Å². The highest BCUT2D eigenvalue weighted by Crippen LogP contribution is 2.36. The van der Waals surface area contributed by atoms with Gasteiger partial charge in [0.25, 0.3) is 10.0 Å². The molecule has 0 bridgehead atoms. The molecule has 29 heavy (non-hydrogen) atoms. The van der Waals surface area contributed by atoms with Crippen molar-refractivity contribution in [3.8, 4) is 11.1 Å². The molecule has 0 aliphatic carbocycles. The maximum absolute atomic E-state index is 13.5. The molecule has 0 amide bonds. The molecule has 8 heteroatoms. The first-order valence-electron chi connectivity index (χ1n) is 9.72. The molecule has 0 aliphatic rings. The number of nitrogens with zero attached hydrogens (tertiary/aromatic N) is 3. The molecule has 0 spiro atoms. The van der Waals surface area contributed by atoms with Gasteiger partial charge in [-0.05, 0) is 31.0 Å². The number of hydrogen-bond donors (Lipinski definition) is 0. The van der Waals surface area contributed by atoms with Gasteiger partial charge in [-0.2, -0.15) is 9.40 Å². The van der Waals surface area contributed by atoms with Gasteiger partial charge in [-0.15, -0.1) is 0 Å². The summed E-state index contributed by atoms with van der Waals surface area (Å²) in [5.74, 6) is 0. The van der Waals surface area contributed by atoms with Crippen LogP contribution in [0.25, 0.3) is 22.0 Å². The molecular weight excluding hydrogens is 429 g/mol. The van der Waals surface area contributed by atoms with Crippen molar-refractivity contribution in [2.24, 2.45) is 7.05 Å². The number of aryl methyl sites for hydroxylation is 1. The van der Waals surface area contributed by atoms with E-state index >= 15 is 0 Å². The first-order chi connectivity index (χ1) is 13.8. The Morgan fingerprint density at radius 1 is 1.03 bits per heavy atom. The Morgan fingerprint density at radius 2 is 1.79 bits per heavy atom. The summed E-state index contributed by atoms with van der Waals surface area (Å²) in [5.41, 5.74) is 2.14. The fourth-order valence-electron chi connectivity index (χ4n) is 3.48. The second-order valence-electron chi connectivity index (χ2n) is 7.01. The molecule has 0 atom stereocenters. The largest absolute Gasteiger partial charge is 0.260 e. The molecule has 0 saturated heterocycles. The van der Waals surface area contributed by atoms with Crippen molar-refractivity contribution in [3.63, 3.8) is 0 Å². The first-order valence-corrected chi connectivity index (χ1v) is 11.9. The van der Waals surface area contributed by atoms with E-state index in [9.17, 15) is 8.42 Å². The average Bonchev–Trinajstić information content (AvgIpc) is 3.02. The second-order valence-corrected chi connectivity index (χ2v) is 9.71. The van der Waals surface area contributed by atoms with Crippen molar-refractivity contribution in [3.05, 3.63) is 46.4 Å². The van der Waals surface area contributed by atoms with E-state index in [2.05, 4.69) is 12.0 Å². The van der Waals surface area contributed by atoms with E-state index in [4.69, 9.17) is 23.2 Å². The lowest BCUT2D eigenvalue weighted by Gasteiger charge is -2.21. The van der Waals surface area contributed by atoms with Crippen LogP contribution in [0.5, 0.6) is 0 Å². The molecule has 2 aromatic carbocycles. The molecular formula is C21H25Cl2N3O2S. The van der Waals surface area contributed by atoms with E-state index in [1.807, 2.05) is 25.1 Å². The van der Waals surface area contributed by atoms with Crippen LogP contribution in [0.4, 0.5) is 0 Å². The zero-order valence-electron chi connectivity index (χ0n) is 16.8. The fraction of sp³-hybridized carbons (Fsp3) is 0.381. The Morgan fingerprint density at radius 3 is 2.45 bits per heavy atom. The van der Waals surface area contributed by atoms with Gasteiger partial charge in [-0.3, -0.25) is 4.68 Å². The van der Waals surface area contributed by atoms with Crippen molar-refractivity contribution in [2.45, 2.75) is 38.1 Å². The zero-order chi connectivity index (χ0) is 21.2. The molecule has 0 fully saturated rings. The fourth-order valence-corrected chi connectivity index (χ4v) is 5.85. The minimum Gasteiger partial charge on any atom is -0.255 e. The zero-order valence-corrected chi connectivity index (χ0v) is 19.2. The van der Waals surface area contributed by atoms with Crippen molar-refractivity contribution in [1.82, 2.24) is 14.1 Å². The van der Waals surface area contributed by atoms with Crippen molar-refractivity contribution >= 4 is 44.1 Å². The number of sulfonamides is 1. The summed E-state index contributed by atoms with van der Waals surface area (Å²) in [6.45, 7) is 5.02. The van der Waals surface area contributed by atoms with Crippen LogP contribution in [-0.4, -0.2) is 35.6 Å². The van der Waals surface area contributed by atoms with Crippen LogP contribution < -0.4 is 0 Å². The van der Waals surface area contributed by atoms with E-state index in [1.165, 1.54) is 4.68 Å². The minimum atomic E-state index is -3.69. The number of halogens is 2. The Balaban J connectivity index is 2.19. The molecule has 1 aromatic heterocycles. The van der Waals surface area contributed by atoms with Crippen LogP contribution in [0.2, 0.25) is 10.0 Å². The van der Waals surface area contributed by atoms with Gasteiger partial charge in [-0.25, -0.2) is 8.42 Å². The van der Waals surface area contributed by atoms with E-state index in [1.54, 1.807) is 29.6 Å². The molecule has 156 valence electrons. The first kappa shape index (κ1) is 22.1. The highest BCUT2D eigenvalue weighted by Gasteiger charge is 2.30. The predicted molar refractivity (Wildman–Crippen MR) is 120 cm³/mol. The van der Waals surface area contributed by atoms with Gasteiger partial charge in [0, 0.05) is 46.7 Å². The minimum absolute atomic E-state index is 0.212. The smallest absolute Gasteiger partial charge is 0.255 e. The summed E-state index contributed by atoms with van der Waals surface area (Å²) >= 11 is 12.4. The molecule has 0 aliphatic heterocycles. The van der Waals surface area contributed by atoms with Crippen LogP contribution in [0.3, 0.4) is 0 Å². The maximum Gasteiger partial charge on any atom is 0.260 e. The number of benzene rings is 2. The van der Waals surface area contributed by atoms with Gasteiger partial charge >= 0.3 is 0 Å². The number of unbranched alkanes of at least 4 members (excludes halogenated alkanes) is 1. The van der Waals surface area contributed by atoms with E-state index in [0.29, 0.717) is 34.0 Å². The van der Waals surface area contributed by atoms with Crippen molar-refractivity contribution < 1.29 is 8.42 Å². The Kier molecular flexibility index (Phi) is 6.89. The van der Waals surface area contributed by atoms with Crippen molar-refractivity contribution in [2.75, 3.05) is 13.1 Å². The SMILES string of the molecule is CCCCN(CCC)S(=O)(=O)c1c2cccc(-c3ccc(Cl)cc3Cl)c2nn1C. The molecule has 0 radical (unpaired) electrons. The molecule has 0 unspecified atom stereocenters. The Labute approximate surface area is 182 Å². The van der Waals surface area contributed by atoms with E-state index in [0.717, 1.165) is 30.4 Å². The summed E-state index contributed by atoms with van der Waals surface area (Å²) < 4.78 is 30.0. The van der Waals surface area contributed by atoms with Crippen LogP contribution in [-0.2, 0) is 17.1 Å². The maximum atomic E-state index is 13.5. The monoisotopic (exact) mass is 453 g/mol. The Bertz CT molecular complexity index is 1130. The van der Waals surface area contributed by atoms with Gasteiger partial charge in [0.1, 0.15) is 5.52 Å². The molecule has 0 N–H and O–H groups in total. The van der Waals surface area contributed by atoms with Gasteiger partial charge in [0.2, 0.25) is 0 Å². The van der Waals surface area contributed by atoms with Gasteiger partial charge in [0.05, 0.1) is 0 Å². The molecule has 0 saturated carbocycles. The van der Waals surface area contributed by atoms with Crippen LogP contribution in [0, 0.1) is 0 Å². The van der Waals surface area contributed by atoms with Gasteiger partial charge < -0.3 is 0 Å². The summed E-state index contributed by atoms with van der Waals surface area (Å²) in [5, 5.41) is 6.40. The number of aromatic nitrogens is 2. The lowest BCUT2D eigenvalue weighted by atomic mass is 10.0. The predicted octanol–water partition coefficient (Wildman–Crippen LogP) is 5.75. The molecule has 5 nitrogen and oxygen atoms in total. The summed E-state index contributed by atoms with van der Waals surface area (Å²) in [7, 11) is -2.01. The quantitative estimate of drug-likeness (QED) is 0.436. The molecule has 1 heterocycles. The van der Waals surface area contributed by atoms with E-state index < -0.39 is 10.0 Å². The van der Waals surface area contributed by atoms with E-state index in [-0.39, 0.29) is 5.03 Å². The topological polar surface area (TPSA) is 55.2 Å². The third kappa shape index (κ3) is 4.31. The van der Waals surface area contributed by atoms with Crippen molar-refractivity contribution in [1.29, 1.82) is 0 Å². The summed E-state index contributed by atoms with van der Waals surface area (Å²) in [6, 6.07) is 10.8. The summed E-state index contributed by atoms with van der Waals surface area (Å²) in [6.07, 6.45) is 2.51. The normalized spacial score (nSPS) is 12.2. The standard InChI is InChI=1S/C21H25Cl2N3O2S/c1-4-6-13-26(12-5-2)29(27,28)21-18-9-7-8-17(20(18)24-25(21)3)16-11-10-15(22)14-19(16)23/h7-11,14H,4-6,12-13H2,1-3H3. The number of hydrogen-bond acceptors (Lipinski definition) is 3. The lowest BCUT2D eigenvalue weighted by molar-refractivity contribution is 0.398. The number of rotatable bonds is 8. The third-order valence-electron chi connectivity index (χ3n) is 4.85. The molecule has 3 aromatic rings. The third-order valence-corrected chi connectivity index (χ3v) is 7.42. The number of fused-ring (bicyclic) bond motifs is 1. The highest BCUT2D eigenvalue weighted by molar-refractivity contribution is 7.89. The second kappa shape index (κ2) is 9.04. The summed E-state index contributed by atoms with van der Waals surface area (Å²) in [4.78, 5) is 0. The van der Waals surface area contributed by atoms with Gasteiger partial charge in [0.15, 0.2) is 5.03 Å². The molecule has 3 rings (SSSR count). The van der Waals surface area contributed by atoms with Crippen LogP contribution >= 0.6 is 23.2 Å². The lowest BCUT2D eigenvalue weighted by Crippen LogP contribution is -2.34. The average molecular weight is 454 g/mol.